The monoisotopic (exact) mass is 600 g/mol. The van der Waals surface area contributed by atoms with Crippen molar-refractivity contribution < 1.29 is 19.1 Å². The number of carbonyl (C=O) groups excluding carboxylic acids is 3. The number of hydrogen-bond donors (Lipinski definition) is 3. The van der Waals surface area contributed by atoms with E-state index >= 15 is 0 Å². The number of aromatic nitrogens is 2. The smallest absolute Gasteiger partial charge is 0.319 e. The molecule has 1 unspecified atom stereocenters. The van der Waals surface area contributed by atoms with Gasteiger partial charge in [0.05, 0.1) is 13.3 Å². The topological polar surface area (TPSA) is 146 Å². The lowest BCUT2D eigenvalue weighted by Gasteiger charge is -2.34. The van der Waals surface area contributed by atoms with Crippen molar-refractivity contribution in [2.45, 2.75) is 37.6 Å². The Labute approximate surface area is 257 Å². The van der Waals surface area contributed by atoms with Gasteiger partial charge in [0.2, 0.25) is 0 Å². The molecule has 0 aliphatic carbocycles. The molecular formula is C32H40N8O4. The van der Waals surface area contributed by atoms with E-state index in [0.717, 1.165) is 51.0 Å². The number of nitrogens with two attached hydrogens (primary N) is 1. The molecule has 12 heteroatoms. The van der Waals surface area contributed by atoms with Crippen LogP contribution in [0.25, 0.3) is 0 Å². The zero-order chi connectivity index (χ0) is 31.2. The molecule has 2 aliphatic rings. The van der Waals surface area contributed by atoms with Gasteiger partial charge in [0.15, 0.2) is 11.5 Å². The summed E-state index contributed by atoms with van der Waals surface area (Å²) in [7, 11) is 5.14. The molecule has 232 valence electrons. The van der Waals surface area contributed by atoms with Crippen LogP contribution in [-0.2, 0) is 0 Å². The number of amides is 4. The Balaban J connectivity index is 1.24. The van der Waals surface area contributed by atoms with Crippen molar-refractivity contribution in [2.75, 3.05) is 57.6 Å². The molecule has 0 radical (unpaired) electrons. The summed E-state index contributed by atoms with van der Waals surface area (Å²) in [5.41, 5.74) is 8.22. The number of benzene rings is 2. The van der Waals surface area contributed by atoms with Crippen LogP contribution >= 0.6 is 0 Å². The summed E-state index contributed by atoms with van der Waals surface area (Å²) in [4.78, 5) is 52.0. The summed E-state index contributed by atoms with van der Waals surface area (Å²) in [6.07, 6.45) is 5.06. The highest BCUT2D eigenvalue weighted by atomic mass is 16.5. The van der Waals surface area contributed by atoms with E-state index in [1.165, 1.54) is 5.56 Å². The van der Waals surface area contributed by atoms with E-state index < -0.39 is 5.91 Å². The molecule has 2 saturated heterocycles. The molecule has 4 N–H and O–H groups in total. The molecule has 0 bridgehead atoms. The maximum atomic E-state index is 12.8. The third-order valence-corrected chi connectivity index (χ3v) is 8.22. The zero-order valence-electron chi connectivity index (χ0n) is 25.5. The van der Waals surface area contributed by atoms with Crippen molar-refractivity contribution in [3.63, 3.8) is 0 Å². The van der Waals surface area contributed by atoms with Gasteiger partial charge in [-0.3, -0.25) is 9.59 Å². The minimum Gasteiger partial charge on any atom is -0.497 e. The molecule has 1 atom stereocenters. The fraction of sp³-hybridized carbons (Fsp3) is 0.406. The van der Waals surface area contributed by atoms with Crippen LogP contribution in [0.5, 0.6) is 5.75 Å². The molecule has 5 rings (SSSR count). The number of nitrogens with one attached hydrogen (secondary N) is 2. The highest BCUT2D eigenvalue weighted by Crippen LogP contribution is 2.30. The lowest BCUT2D eigenvalue weighted by atomic mass is 9.89. The number of likely N-dealkylation sites (tertiary alicyclic amines) is 1. The van der Waals surface area contributed by atoms with Crippen LogP contribution in [0.4, 0.5) is 22.1 Å². The van der Waals surface area contributed by atoms with Gasteiger partial charge in [0.25, 0.3) is 11.8 Å². The fourth-order valence-corrected chi connectivity index (χ4v) is 5.78. The number of piperidine rings is 2. The molecule has 12 nitrogen and oxygen atoms in total. The molecule has 0 spiro atoms. The van der Waals surface area contributed by atoms with Gasteiger partial charge in [0, 0.05) is 57.6 Å². The summed E-state index contributed by atoms with van der Waals surface area (Å²) >= 11 is 0. The van der Waals surface area contributed by atoms with Crippen molar-refractivity contribution in [3.8, 4) is 5.75 Å². The Kier molecular flexibility index (Phi) is 9.47. The fourth-order valence-electron chi connectivity index (χ4n) is 5.78. The minimum absolute atomic E-state index is 0.0509. The van der Waals surface area contributed by atoms with Crippen LogP contribution < -0.4 is 26.0 Å². The van der Waals surface area contributed by atoms with Gasteiger partial charge < -0.3 is 35.8 Å². The molecule has 0 saturated carbocycles. The van der Waals surface area contributed by atoms with Gasteiger partial charge in [0.1, 0.15) is 11.6 Å². The minimum atomic E-state index is -0.675. The van der Waals surface area contributed by atoms with Crippen LogP contribution in [0.15, 0.2) is 54.7 Å². The standard InChI is InChI=1S/C32H40N8O4/c1-38(2)32(43)39-17-14-22(15-18-39)21-6-10-24(11-7-21)35-30-28(29(33)41)34-19-27(37-30)40-16-4-5-25(20-40)36-31(42)23-8-12-26(44-3)13-9-23/h6-13,19,22,25H,4-5,14-18,20H2,1-3H3,(H2,33,41)(H,35,37)(H,36,42). The van der Waals surface area contributed by atoms with E-state index in [1.54, 1.807) is 56.6 Å². The predicted molar refractivity (Wildman–Crippen MR) is 169 cm³/mol. The summed E-state index contributed by atoms with van der Waals surface area (Å²) < 4.78 is 5.18. The third kappa shape index (κ3) is 7.19. The first-order chi connectivity index (χ1) is 21.2. The van der Waals surface area contributed by atoms with Gasteiger partial charge in [-0.15, -0.1) is 0 Å². The van der Waals surface area contributed by atoms with Crippen LogP contribution in [0.1, 0.15) is 58.0 Å². The third-order valence-electron chi connectivity index (χ3n) is 8.22. The Hall–Kier alpha value is -4.87. The number of ether oxygens (including phenoxy) is 1. The number of primary amides is 1. The second kappa shape index (κ2) is 13.6. The number of nitrogens with zero attached hydrogens (tertiary/aromatic N) is 5. The number of urea groups is 1. The van der Waals surface area contributed by atoms with E-state index in [1.807, 2.05) is 17.0 Å². The molecule has 4 amide bonds. The maximum Gasteiger partial charge on any atom is 0.319 e. The lowest BCUT2D eigenvalue weighted by Crippen LogP contribution is -2.48. The molecule has 2 fully saturated rings. The number of anilines is 3. The lowest BCUT2D eigenvalue weighted by molar-refractivity contribution is 0.0931. The Bertz CT molecular complexity index is 1470. The normalized spacial score (nSPS) is 17.1. The highest BCUT2D eigenvalue weighted by molar-refractivity contribution is 5.96. The Morgan fingerprint density at radius 1 is 0.977 bits per heavy atom. The SMILES string of the molecule is COc1ccc(C(=O)NC2CCCN(c3cnc(C(N)=O)c(Nc4ccc(C5CCN(C(=O)N(C)C)CC5)cc4)n3)C2)cc1. The van der Waals surface area contributed by atoms with E-state index in [9.17, 15) is 14.4 Å². The van der Waals surface area contributed by atoms with Crippen LogP contribution in [0.2, 0.25) is 0 Å². The first-order valence-electron chi connectivity index (χ1n) is 14.9. The second-order valence-corrected chi connectivity index (χ2v) is 11.5. The molecule has 2 aromatic carbocycles. The first-order valence-corrected chi connectivity index (χ1v) is 14.9. The van der Waals surface area contributed by atoms with E-state index in [0.29, 0.717) is 29.6 Å². The summed E-state index contributed by atoms with van der Waals surface area (Å²) in [6, 6.07) is 15.0. The summed E-state index contributed by atoms with van der Waals surface area (Å²) in [6.45, 7) is 2.76. The molecule has 3 heterocycles. The van der Waals surface area contributed by atoms with E-state index in [4.69, 9.17) is 15.5 Å². The van der Waals surface area contributed by atoms with Crippen molar-refractivity contribution in [1.29, 1.82) is 0 Å². The summed E-state index contributed by atoms with van der Waals surface area (Å²) in [5.74, 6) is 1.12. The molecule has 2 aliphatic heterocycles. The second-order valence-electron chi connectivity index (χ2n) is 11.5. The van der Waals surface area contributed by atoms with Crippen molar-refractivity contribution in [1.82, 2.24) is 25.1 Å². The van der Waals surface area contributed by atoms with Gasteiger partial charge in [-0.25, -0.2) is 14.8 Å². The molecule has 3 aromatic rings. The van der Waals surface area contributed by atoms with Gasteiger partial charge in [-0.1, -0.05) is 12.1 Å². The average molecular weight is 601 g/mol. The van der Waals surface area contributed by atoms with E-state index in [-0.39, 0.29) is 29.5 Å². The number of carbonyl (C=O) groups is 3. The number of rotatable bonds is 8. The Morgan fingerprint density at radius 2 is 1.68 bits per heavy atom. The zero-order valence-corrected chi connectivity index (χ0v) is 25.5. The molecule has 1 aromatic heterocycles. The molecular weight excluding hydrogens is 560 g/mol. The number of methoxy groups -OCH3 is 1. The largest absolute Gasteiger partial charge is 0.497 e. The summed E-state index contributed by atoms with van der Waals surface area (Å²) in [5, 5.41) is 6.35. The van der Waals surface area contributed by atoms with Gasteiger partial charge in [-0.2, -0.15) is 0 Å². The van der Waals surface area contributed by atoms with E-state index in [2.05, 4.69) is 32.7 Å². The van der Waals surface area contributed by atoms with Crippen LogP contribution in [0.3, 0.4) is 0 Å². The maximum absolute atomic E-state index is 12.8. The number of hydrogen-bond acceptors (Lipinski definition) is 8. The quantitative estimate of drug-likeness (QED) is 0.356. The Morgan fingerprint density at radius 3 is 2.32 bits per heavy atom. The van der Waals surface area contributed by atoms with Gasteiger partial charge >= 0.3 is 6.03 Å². The van der Waals surface area contributed by atoms with Crippen molar-refractivity contribution >= 4 is 35.2 Å². The molecule has 44 heavy (non-hydrogen) atoms. The van der Waals surface area contributed by atoms with Crippen molar-refractivity contribution in [3.05, 3.63) is 71.5 Å². The average Bonchev–Trinajstić information content (AvgIpc) is 3.05. The van der Waals surface area contributed by atoms with Crippen molar-refractivity contribution in [2.24, 2.45) is 5.73 Å². The van der Waals surface area contributed by atoms with Gasteiger partial charge in [-0.05, 0) is 73.6 Å². The first kappa shape index (κ1) is 30.6. The van der Waals surface area contributed by atoms with Crippen LogP contribution in [-0.4, -0.2) is 91.0 Å². The highest BCUT2D eigenvalue weighted by Gasteiger charge is 2.26. The van der Waals surface area contributed by atoms with Crippen LogP contribution in [0, 0.1) is 0 Å². The predicted octanol–water partition coefficient (Wildman–Crippen LogP) is 3.59.